The Bertz CT molecular complexity index is 1440. The first-order chi connectivity index (χ1) is 15.2. The summed E-state index contributed by atoms with van der Waals surface area (Å²) in [5, 5.41) is 0. The Balaban J connectivity index is 1.68. The zero-order valence-corrected chi connectivity index (χ0v) is 17.6. The maximum atomic E-state index is 6.84. The summed E-state index contributed by atoms with van der Waals surface area (Å²) in [6, 6.07) is 23.2. The highest BCUT2D eigenvalue weighted by molar-refractivity contribution is 6.02. The van der Waals surface area contributed by atoms with Crippen molar-refractivity contribution in [1.82, 2.24) is 14.5 Å². The first-order valence-corrected chi connectivity index (χ1v) is 10.9. The summed E-state index contributed by atoms with van der Waals surface area (Å²) < 4.78 is 2.08. The van der Waals surface area contributed by atoms with Gasteiger partial charge in [0.05, 0.1) is 16.6 Å². The Hall–Kier alpha value is -3.66. The lowest BCUT2D eigenvalue weighted by Gasteiger charge is -2.17. The second-order valence-electron chi connectivity index (χ2n) is 8.51. The molecule has 0 fully saturated rings. The van der Waals surface area contributed by atoms with Gasteiger partial charge < -0.3 is 5.73 Å². The van der Waals surface area contributed by atoms with Crippen LogP contribution in [0.1, 0.15) is 29.5 Å². The van der Waals surface area contributed by atoms with Gasteiger partial charge in [-0.1, -0.05) is 48.0 Å². The molecule has 152 valence electrons. The van der Waals surface area contributed by atoms with Crippen LogP contribution in [0.3, 0.4) is 0 Å². The van der Waals surface area contributed by atoms with Crippen molar-refractivity contribution < 1.29 is 0 Å². The number of hydrogen-bond donors (Lipinski definition) is 1. The van der Waals surface area contributed by atoms with Crippen LogP contribution in [0, 0.1) is 6.92 Å². The number of rotatable bonds is 2. The van der Waals surface area contributed by atoms with Crippen molar-refractivity contribution in [2.24, 2.45) is 0 Å². The van der Waals surface area contributed by atoms with Gasteiger partial charge in [0.2, 0.25) is 0 Å². The lowest BCUT2D eigenvalue weighted by atomic mass is 9.91. The first-order valence-electron chi connectivity index (χ1n) is 10.9. The SMILES string of the molecule is Cc1ccc(-c2c(N)n(-c3ccc4c(c3)CCCC4)c3nc4ccccc4nc23)cc1. The first kappa shape index (κ1) is 18.1. The molecule has 2 N–H and O–H groups in total. The fourth-order valence-electron chi connectivity index (χ4n) is 4.79. The van der Waals surface area contributed by atoms with Crippen LogP contribution in [0.2, 0.25) is 0 Å². The highest BCUT2D eigenvalue weighted by atomic mass is 15.1. The normalized spacial score (nSPS) is 13.6. The summed E-state index contributed by atoms with van der Waals surface area (Å²) >= 11 is 0. The predicted molar refractivity (Wildman–Crippen MR) is 128 cm³/mol. The zero-order valence-electron chi connectivity index (χ0n) is 17.6. The van der Waals surface area contributed by atoms with E-state index >= 15 is 0 Å². The Kier molecular flexibility index (Phi) is 4.06. The number of aryl methyl sites for hydroxylation is 3. The van der Waals surface area contributed by atoms with Crippen molar-refractivity contribution in [3.63, 3.8) is 0 Å². The van der Waals surface area contributed by atoms with Crippen molar-refractivity contribution in [3.8, 4) is 16.8 Å². The number of nitrogens with zero attached hydrogens (tertiary/aromatic N) is 3. The average molecular weight is 405 g/mol. The summed E-state index contributed by atoms with van der Waals surface area (Å²) in [6.07, 6.45) is 4.81. The quantitative estimate of drug-likeness (QED) is 0.392. The molecule has 2 aromatic heterocycles. The topological polar surface area (TPSA) is 56.7 Å². The van der Waals surface area contributed by atoms with E-state index in [0.717, 1.165) is 51.9 Å². The second-order valence-corrected chi connectivity index (χ2v) is 8.51. The third-order valence-corrected chi connectivity index (χ3v) is 6.43. The van der Waals surface area contributed by atoms with Gasteiger partial charge in [0.25, 0.3) is 0 Å². The number of fused-ring (bicyclic) bond motifs is 3. The van der Waals surface area contributed by atoms with E-state index in [4.69, 9.17) is 15.7 Å². The van der Waals surface area contributed by atoms with E-state index in [1.165, 1.54) is 29.5 Å². The second kappa shape index (κ2) is 6.95. The minimum absolute atomic E-state index is 0.685. The summed E-state index contributed by atoms with van der Waals surface area (Å²) in [6.45, 7) is 2.09. The van der Waals surface area contributed by atoms with E-state index in [1.807, 2.05) is 24.3 Å². The van der Waals surface area contributed by atoms with Gasteiger partial charge in [-0.3, -0.25) is 4.57 Å². The Labute approximate surface area is 181 Å². The van der Waals surface area contributed by atoms with Crippen molar-refractivity contribution in [1.29, 1.82) is 0 Å². The fourth-order valence-corrected chi connectivity index (χ4v) is 4.79. The van der Waals surface area contributed by atoms with Gasteiger partial charge in [-0.2, -0.15) is 0 Å². The minimum atomic E-state index is 0.685. The summed E-state index contributed by atoms with van der Waals surface area (Å²) in [5.74, 6) is 0.685. The number of benzene rings is 3. The summed E-state index contributed by atoms with van der Waals surface area (Å²) in [4.78, 5) is 10.0. The molecule has 0 radical (unpaired) electrons. The van der Waals surface area contributed by atoms with Crippen molar-refractivity contribution in [2.75, 3.05) is 5.73 Å². The Morgan fingerprint density at radius 2 is 1.52 bits per heavy atom. The van der Waals surface area contributed by atoms with Crippen molar-refractivity contribution in [3.05, 3.63) is 83.4 Å². The molecule has 31 heavy (non-hydrogen) atoms. The van der Waals surface area contributed by atoms with Crippen molar-refractivity contribution >= 4 is 28.0 Å². The maximum absolute atomic E-state index is 6.84. The van der Waals surface area contributed by atoms with E-state index in [9.17, 15) is 0 Å². The number of anilines is 1. The minimum Gasteiger partial charge on any atom is -0.384 e. The van der Waals surface area contributed by atoms with Crippen LogP contribution < -0.4 is 5.73 Å². The van der Waals surface area contributed by atoms with Crippen LogP contribution in [0.15, 0.2) is 66.7 Å². The standard InChI is InChI=1S/C27H24N4/c1-17-10-12-19(13-11-17)24-25-27(30-23-9-5-4-8-22(23)29-25)31(26(24)28)21-15-14-18-6-2-3-7-20(18)16-21/h4-5,8-16H,2-3,6-7,28H2,1H3. The van der Waals surface area contributed by atoms with E-state index < -0.39 is 0 Å². The maximum Gasteiger partial charge on any atom is 0.166 e. The molecule has 0 saturated heterocycles. The highest BCUT2D eigenvalue weighted by Gasteiger charge is 2.22. The van der Waals surface area contributed by atoms with Gasteiger partial charge >= 0.3 is 0 Å². The van der Waals surface area contributed by atoms with Gasteiger partial charge in [0.1, 0.15) is 11.3 Å². The van der Waals surface area contributed by atoms with Crippen LogP contribution in [-0.2, 0) is 12.8 Å². The number of aromatic nitrogens is 3. The van der Waals surface area contributed by atoms with Crippen LogP contribution in [0.4, 0.5) is 5.82 Å². The van der Waals surface area contributed by atoms with Gasteiger partial charge in [-0.15, -0.1) is 0 Å². The molecule has 0 saturated carbocycles. The molecule has 0 amide bonds. The predicted octanol–water partition coefficient (Wildman–Crippen LogP) is 6.01. The van der Waals surface area contributed by atoms with Gasteiger partial charge in [-0.25, -0.2) is 9.97 Å². The molecule has 1 aliphatic carbocycles. The number of nitrogen functional groups attached to an aromatic ring is 1. The van der Waals surface area contributed by atoms with Crippen LogP contribution in [-0.4, -0.2) is 14.5 Å². The van der Waals surface area contributed by atoms with E-state index in [-0.39, 0.29) is 0 Å². The molecule has 0 atom stereocenters. The average Bonchev–Trinajstić information content (AvgIpc) is 3.08. The van der Waals surface area contributed by atoms with Crippen LogP contribution in [0.25, 0.3) is 39.0 Å². The van der Waals surface area contributed by atoms with Gasteiger partial charge in [0, 0.05) is 5.69 Å². The molecular formula is C27H24N4. The third-order valence-electron chi connectivity index (χ3n) is 6.43. The van der Waals surface area contributed by atoms with E-state index in [1.54, 1.807) is 0 Å². The molecule has 1 aliphatic rings. The molecule has 6 rings (SSSR count). The molecule has 3 aromatic carbocycles. The molecule has 0 bridgehead atoms. The van der Waals surface area contributed by atoms with Crippen molar-refractivity contribution in [2.45, 2.75) is 32.6 Å². The molecule has 4 heteroatoms. The fraction of sp³-hybridized carbons (Fsp3) is 0.185. The zero-order chi connectivity index (χ0) is 20.9. The largest absolute Gasteiger partial charge is 0.384 e. The number of para-hydroxylation sites is 2. The summed E-state index contributed by atoms with van der Waals surface area (Å²) in [5.41, 5.74) is 17.4. The van der Waals surface area contributed by atoms with Crippen LogP contribution in [0.5, 0.6) is 0 Å². The highest BCUT2D eigenvalue weighted by Crippen LogP contribution is 2.38. The molecule has 4 nitrogen and oxygen atoms in total. The molecule has 0 aliphatic heterocycles. The lowest BCUT2D eigenvalue weighted by Crippen LogP contribution is -2.06. The van der Waals surface area contributed by atoms with E-state index in [0.29, 0.717) is 5.82 Å². The lowest BCUT2D eigenvalue weighted by molar-refractivity contribution is 0.685. The smallest absolute Gasteiger partial charge is 0.166 e. The molecule has 0 unspecified atom stereocenters. The van der Waals surface area contributed by atoms with Crippen LogP contribution >= 0.6 is 0 Å². The van der Waals surface area contributed by atoms with Gasteiger partial charge in [-0.05, 0) is 73.6 Å². The van der Waals surface area contributed by atoms with E-state index in [2.05, 4.69) is 54.0 Å². The molecule has 2 heterocycles. The molecular weight excluding hydrogens is 380 g/mol. The Morgan fingerprint density at radius 1 is 0.806 bits per heavy atom. The third kappa shape index (κ3) is 2.90. The number of hydrogen-bond acceptors (Lipinski definition) is 3. The Morgan fingerprint density at radius 3 is 2.29 bits per heavy atom. The monoisotopic (exact) mass is 404 g/mol. The van der Waals surface area contributed by atoms with Gasteiger partial charge in [0.15, 0.2) is 5.65 Å². The summed E-state index contributed by atoms with van der Waals surface area (Å²) in [7, 11) is 0. The molecule has 5 aromatic rings. The number of nitrogens with two attached hydrogens (primary N) is 1. The molecule has 0 spiro atoms.